The molecule has 1 aromatic carbocycles. The molecule has 2 atom stereocenters. The highest BCUT2D eigenvalue weighted by Crippen LogP contribution is 2.40. The van der Waals surface area contributed by atoms with Crippen molar-refractivity contribution in [2.45, 2.75) is 48.5 Å². The van der Waals surface area contributed by atoms with Crippen LogP contribution < -0.4 is 5.32 Å². The Hall–Kier alpha value is -3.17. The first-order valence-corrected chi connectivity index (χ1v) is 14.4. The van der Waals surface area contributed by atoms with Crippen LogP contribution in [0.25, 0.3) is 11.1 Å². The third kappa shape index (κ3) is 6.57. The van der Waals surface area contributed by atoms with Crippen molar-refractivity contribution in [1.82, 2.24) is 19.5 Å². The molecule has 2 aliphatic heterocycles. The number of nitrogens with zero attached hydrogens (tertiary/aromatic N) is 3. The second-order valence-corrected chi connectivity index (χ2v) is 12.4. The maximum absolute atomic E-state index is 15.7. The number of benzene rings is 1. The van der Waals surface area contributed by atoms with Crippen molar-refractivity contribution in [2.24, 2.45) is 0 Å². The van der Waals surface area contributed by atoms with Crippen molar-refractivity contribution in [2.75, 3.05) is 26.2 Å². The molecule has 42 heavy (non-hydrogen) atoms. The van der Waals surface area contributed by atoms with E-state index < -0.39 is 88.7 Å². The van der Waals surface area contributed by atoms with Crippen molar-refractivity contribution < 1.29 is 44.3 Å². The lowest BCUT2D eigenvalue weighted by molar-refractivity contribution is -0.160. The van der Waals surface area contributed by atoms with Crippen molar-refractivity contribution in [1.29, 1.82) is 0 Å². The Kier molecular flexibility index (Phi) is 8.69. The molecule has 2 aromatic rings. The Labute approximate surface area is 242 Å². The molecule has 16 heteroatoms. The molecule has 1 N–H and O–H groups in total. The SMILES string of the molecule is C[C@@H]1C[C@](F)(C(=O)NC/C=C\C(=O)N2CC(F)(F)C2)CCN1S(=O)(=O)c1cnc(C(F)(F)F)cc1-c1ccccc1Cl. The van der Waals surface area contributed by atoms with Crippen LogP contribution in [0.15, 0.2) is 53.6 Å². The molecule has 1 aromatic heterocycles. The van der Waals surface area contributed by atoms with Gasteiger partial charge in [-0.1, -0.05) is 35.9 Å². The largest absolute Gasteiger partial charge is 0.433 e. The van der Waals surface area contributed by atoms with Crippen LogP contribution >= 0.6 is 11.6 Å². The Morgan fingerprint density at radius 1 is 1.17 bits per heavy atom. The monoisotopic (exact) mass is 638 g/mol. The number of nitrogens with one attached hydrogen (secondary N) is 1. The number of pyridine rings is 1. The third-order valence-corrected chi connectivity index (χ3v) is 9.32. The van der Waals surface area contributed by atoms with E-state index in [0.717, 1.165) is 15.3 Å². The Balaban J connectivity index is 1.48. The number of aromatic nitrogens is 1. The number of hydrogen-bond acceptors (Lipinski definition) is 5. The normalized spacial score (nSPS) is 23.0. The van der Waals surface area contributed by atoms with E-state index in [1.165, 1.54) is 37.3 Å². The van der Waals surface area contributed by atoms with Crippen LogP contribution in [0.1, 0.15) is 25.5 Å². The van der Waals surface area contributed by atoms with E-state index >= 15 is 4.39 Å². The number of carbonyl (C=O) groups excluding carboxylic acids is 2. The zero-order valence-corrected chi connectivity index (χ0v) is 23.5. The molecule has 0 radical (unpaired) electrons. The predicted molar refractivity (Wildman–Crippen MR) is 140 cm³/mol. The van der Waals surface area contributed by atoms with Gasteiger partial charge in [0.1, 0.15) is 10.6 Å². The number of alkyl halides is 6. The second-order valence-electron chi connectivity index (χ2n) is 10.1. The van der Waals surface area contributed by atoms with E-state index in [2.05, 4.69) is 10.3 Å². The summed E-state index contributed by atoms with van der Waals surface area (Å²) in [5, 5.41) is 2.28. The molecule has 2 fully saturated rings. The molecular formula is C26H25ClF6N4O4S. The molecule has 0 spiro atoms. The summed E-state index contributed by atoms with van der Waals surface area (Å²) >= 11 is 6.18. The van der Waals surface area contributed by atoms with Crippen molar-refractivity contribution in [3.63, 3.8) is 0 Å². The van der Waals surface area contributed by atoms with Gasteiger partial charge in [-0.2, -0.15) is 17.5 Å². The lowest BCUT2D eigenvalue weighted by Crippen LogP contribution is -2.58. The maximum Gasteiger partial charge on any atom is 0.433 e. The summed E-state index contributed by atoms with van der Waals surface area (Å²) in [5.74, 6) is -4.69. The highest BCUT2D eigenvalue weighted by Gasteiger charge is 2.48. The number of halogens is 7. The molecular weight excluding hydrogens is 614 g/mol. The van der Waals surface area contributed by atoms with Crippen molar-refractivity contribution in [3.8, 4) is 11.1 Å². The smallest absolute Gasteiger partial charge is 0.350 e. The number of amides is 2. The fourth-order valence-electron chi connectivity index (χ4n) is 4.81. The van der Waals surface area contributed by atoms with Gasteiger partial charge in [-0.25, -0.2) is 21.6 Å². The van der Waals surface area contributed by atoms with Crippen LogP contribution in [-0.4, -0.2) is 78.2 Å². The highest BCUT2D eigenvalue weighted by molar-refractivity contribution is 7.89. The van der Waals surface area contributed by atoms with E-state index in [1.54, 1.807) is 0 Å². The van der Waals surface area contributed by atoms with Crippen LogP contribution in [0.5, 0.6) is 0 Å². The van der Waals surface area contributed by atoms with Gasteiger partial charge in [0.05, 0.1) is 13.1 Å². The number of rotatable bonds is 7. The quantitative estimate of drug-likeness (QED) is 0.357. The Morgan fingerprint density at radius 3 is 2.43 bits per heavy atom. The van der Waals surface area contributed by atoms with Crippen LogP contribution in [0, 0.1) is 0 Å². The molecule has 0 bridgehead atoms. The van der Waals surface area contributed by atoms with Crippen molar-refractivity contribution in [3.05, 3.63) is 59.4 Å². The van der Waals surface area contributed by atoms with Gasteiger partial charge in [0.15, 0.2) is 5.67 Å². The van der Waals surface area contributed by atoms with E-state index in [4.69, 9.17) is 11.6 Å². The lowest BCUT2D eigenvalue weighted by atomic mass is 9.89. The Morgan fingerprint density at radius 2 is 1.83 bits per heavy atom. The predicted octanol–water partition coefficient (Wildman–Crippen LogP) is 4.45. The Bertz CT molecular complexity index is 1510. The average Bonchev–Trinajstić information content (AvgIpc) is 2.88. The van der Waals surface area contributed by atoms with Gasteiger partial charge in [0, 0.05) is 60.4 Å². The average molecular weight is 639 g/mol. The van der Waals surface area contributed by atoms with Crippen LogP contribution in [-0.2, 0) is 25.8 Å². The highest BCUT2D eigenvalue weighted by atomic mass is 35.5. The number of carbonyl (C=O) groups is 2. The van der Waals surface area contributed by atoms with Gasteiger partial charge >= 0.3 is 6.18 Å². The zero-order chi connectivity index (χ0) is 31.1. The van der Waals surface area contributed by atoms with Gasteiger partial charge < -0.3 is 10.2 Å². The van der Waals surface area contributed by atoms with Crippen molar-refractivity contribution >= 4 is 33.4 Å². The molecule has 2 saturated heterocycles. The molecule has 0 saturated carbocycles. The molecule has 8 nitrogen and oxygen atoms in total. The minimum absolute atomic E-state index is 0.00187. The first-order valence-electron chi connectivity index (χ1n) is 12.6. The molecule has 4 rings (SSSR count). The molecule has 3 heterocycles. The standard InChI is InChI=1S/C26H25ClF6N4O4S/c1-16-12-24(28,23(39)34-9-4-7-22(38)36-14-25(29,30)15-36)8-10-37(16)42(40,41)20-13-35-21(26(31,32)33)11-18(20)17-5-2-3-6-19(17)27/h2-7,11,13,16H,8-10,12,14-15H2,1H3,(H,34,39)/b7-4-/t16-,24+/m1/s1. The van der Waals surface area contributed by atoms with Crippen LogP contribution in [0.2, 0.25) is 5.02 Å². The van der Waals surface area contributed by atoms with Crippen LogP contribution in [0.4, 0.5) is 26.3 Å². The molecule has 2 amide bonds. The summed E-state index contributed by atoms with van der Waals surface area (Å²) in [5.41, 5.74) is -4.15. The first-order chi connectivity index (χ1) is 19.4. The molecule has 0 unspecified atom stereocenters. The van der Waals surface area contributed by atoms with Gasteiger partial charge in [0.2, 0.25) is 15.9 Å². The summed E-state index contributed by atoms with van der Waals surface area (Å²) in [6.45, 7) is -0.832. The number of hydrogen-bond donors (Lipinski definition) is 1. The molecule has 0 aliphatic carbocycles. The summed E-state index contributed by atoms with van der Waals surface area (Å²) < 4.78 is 110. The summed E-state index contributed by atoms with van der Waals surface area (Å²) in [7, 11) is -4.55. The van der Waals surface area contributed by atoms with E-state index in [-0.39, 0.29) is 22.7 Å². The topological polar surface area (TPSA) is 99.7 Å². The van der Waals surface area contributed by atoms with Gasteiger partial charge in [-0.05, 0) is 19.1 Å². The van der Waals surface area contributed by atoms with E-state index in [1.807, 2.05) is 0 Å². The zero-order valence-electron chi connectivity index (χ0n) is 22.0. The van der Waals surface area contributed by atoms with Gasteiger partial charge in [-0.15, -0.1) is 0 Å². The van der Waals surface area contributed by atoms with E-state index in [0.29, 0.717) is 12.3 Å². The molecule has 2 aliphatic rings. The van der Waals surface area contributed by atoms with Gasteiger partial charge in [0.25, 0.3) is 11.8 Å². The fraction of sp³-hybridized carbons (Fsp3) is 0.423. The summed E-state index contributed by atoms with van der Waals surface area (Å²) in [6, 6.07) is 5.22. The summed E-state index contributed by atoms with van der Waals surface area (Å²) in [6.07, 6.45) is -3.27. The third-order valence-electron chi connectivity index (χ3n) is 6.95. The second kappa shape index (κ2) is 11.5. The maximum atomic E-state index is 15.7. The minimum Gasteiger partial charge on any atom is -0.350 e. The lowest BCUT2D eigenvalue weighted by Gasteiger charge is -2.39. The number of piperidine rings is 1. The first kappa shape index (κ1) is 31.8. The van der Waals surface area contributed by atoms with Gasteiger partial charge in [-0.3, -0.25) is 14.6 Å². The fourth-order valence-corrected chi connectivity index (χ4v) is 6.81. The van der Waals surface area contributed by atoms with Crippen LogP contribution in [0.3, 0.4) is 0 Å². The minimum atomic E-state index is -4.87. The summed E-state index contributed by atoms with van der Waals surface area (Å²) in [4.78, 5) is 28.1. The number of sulfonamides is 1. The number of likely N-dealkylation sites (tertiary alicyclic amines) is 1. The molecule has 228 valence electrons. The van der Waals surface area contributed by atoms with E-state index in [9.17, 15) is 40.0 Å².